The predicted octanol–water partition coefficient (Wildman–Crippen LogP) is 3.23. The van der Waals surface area contributed by atoms with Crippen molar-refractivity contribution in [1.29, 1.82) is 0 Å². The molecule has 0 saturated carbocycles. The Labute approximate surface area is 139 Å². The molecule has 0 amide bonds. The molecule has 118 valence electrons. The van der Waals surface area contributed by atoms with Gasteiger partial charge in [-0.15, -0.1) is 11.6 Å². The van der Waals surface area contributed by atoms with Crippen LogP contribution in [0.4, 0.5) is 0 Å². The van der Waals surface area contributed by atoms with E-state index in [0.717, 1.165) is 12.0 Å². The third-order valence-corrected chi connectivity index (χ3v) is 7.07. The monoisotopic (exact) mass is 395 g/mol. The number of piperidine rings is 1. The quantitative estimate of drug-likeness (QED) is 0.734. The summed E-state index contributed by atoms with van der Waals surface area (Å²) in [6.45, 7) is 3.00. The second-order valence-corrected chi connectivity index (χ2v) is 8.33. The second-order valence-electron chi connectivity index (χ2n) is 5.30. The zero-order chi connectivity index (χ0) is 15.6. The average molecular weight is 397 g/mol. The lowest BCUT2D eigenvalue weighted by Crippen LogP contribution is -2.46. The lowest BCUT2D eigenvalue weighted by molar-refractivity contribution is 0.0183. The van der Waals surface area contributed by atoms with Gasteiger partial charge in [-0.05, 0) is 46.0 Å². The average Bonchev–Trinajstić information content (AvgIpc) is 2.47. The fourth-order valence-electron chi connectivity index (χ4n) is 2.51. The standard InChI is InChI=1S/C14H19BrClNO3S/c1-10-5-6-17(9-13(10)20-2)21(18,19)14-4-3-11(8-16)7-12(14)15/h3-4,7,10,13H,5-6,8-9H2,1-2H3. The summed E-state index contributed by atoms with van der Waals surface area (Å²) in [6.07, 6.45) is 0.740. The Morgan fingerprint density at radius 1 is 1.48 bits per heavy atom. The number of ether oxygens (including phenoxy) is 1. The van der Waals surface area contributed by atoms with E-state index in [2.05, 4.69) is 22.9 Å². The van der Waals surface area contributed by atoms with Crippen LogP contribution in [0.25, 0.3) is 0 Å². The third kappa shape index (κ3) is 3.62. The van der Waals surface area contributed by atoms with Crippen molar-refractivity contribution in [2.75, 3.05) is 20.2 Å². The molecule has 21 heavy (non-hydrogen) atoms. The molecule has 2 atom stereocenters. The summed E-state index contributed by atoms with van der Waals surface area (Å²) in [5.41, 5.74) is 0.879. The number of hydrogen-bond acceptors (Lipinski definition) is 3. The maximum Gasteiger partial charge on any atom is 0.244 e. The van der Waals surface area contributed by atoms with Crippen LogP contribution in [0, 0.1) is 5.92 Å². The molecule has 2 rings (SSSR count). The van der Waals surface area contributed by atoms with Gasteiger partial charge in [-0.2, -0.15) is 4.31 Å². The number of alkyl halides is 1. The molecule has 0 N–H and O–H groups in total. The van der Waals surface area contributed by atoms with Gasteiger partial charge in [0.25, 0.3) is 0 Å². The topological polar surface area (TPSA) is 46.6 Å². The van der Waals surface area contributed by atoms with E-state index >= 15 is 0 Å². The molecule has 1 aliphatic heterocycles. The number of sulfonamides is 1. The normalized spacial score (nSPS) is 24.2. The highest BCUT2D eigenvalue weighted by Gasteiger charge is 2.34. The Morgan fingerprint density at radius 2 is 2.19 bits per heavy atom. The second kappa shape index (κ2) is 6.96. The molecule has 0 radical (unpaired) electrons. The molecule has 1 aromatic rings. The van der Waals surface area contributed by atoms with Crippen LogP contribution in [-0.2, 0) is 20.6 Å². The van der Waals surface area contributed by atoms with E-state index in [4.69, 9.17) is 16.3 Å². The van der Waals surface area contributed by atoms with E-state index in [1.807, 2.05) is 0 Å². The Hall–Kier alpha value is -0.140. The zero-order valence-electron chi connectivity index (χ0n) is 12.1. The van der Waals surface area contributed by atoms with Gasteiger partial charge >= 0.3 is 0 Å². The number of nitrogens with zero attached hydrogens (tertiary/aromatic N) is 1. The van der Waals surface area contributed by atoms with Crippen LogP contribution < -0.4 is 0 Å². The Morgan fingerprint density at radius 3 is 2.76 bits per heavy atom. The lowest BCUT2D eigenvalue weighted by Gasteiger charge is -2.35. The fourth-order valence-corrected chi connectivity index (χ4v) is 5.22. The Bertz CT molecular complexity index is 608. The third-order valence-electron chi connectivity index (χ3n) is 3.92. The molecule has 1 saturated heterocycles. The molecule has 0 aliphatic carbocycles. The molecule has 0 spiro atoms. The van der Waals surface area contributed by atoms with Crippen molar-refractivity contribution in [3.8, 4) is 0 Å². The number of rotatable bonds is 4. The van der Waals surface area contributed by atoms with E-state index in [-0.39, 0.29) is 11.0 Å². The Balaban J connectivity index is 2.30. The Kier molecular flexibility index (Phi) is 5.71. The maximum atomic E-state index is 12.8. The molecule has 1 aliphatic rings. The van der Waals surface area contributed by atoms with Gasteiger partial charge in [-0.1, -0.05) is 13.0 Å². The van der Waals surface area contributed by atoms with Gasteiger partial charge in [-0.25, -0.2) is 8.42 Å². The van der Waals surface area contributed by atoms with Crippen LogP contribution in [0.5, 0.6) is 0 Å². The van der Waals surface area contributed by atoms with Crippen molar-refractivity contribution in [2.45, 2.75) is 30.2 Å². The molecular formula is C14H19BrClNO3S. The minimum Gasteiger partial charge on any atom is -0.380 e. The molecule has 4 nitrogen and oxygen atoms in total. The highest BCUT2D eigenvalue weighted by atomic mass is 79.9. The summed E-state index contributed by atoms with van der Waals surface area (Å²) >= 11 is 9.11. The van der Waals surface area contributed by atoms with Crippen molar-refractivity contribution in [3.05, 3.63) is 28.2 Å². The van der Waals surface area contributed by atoms with E-state index in [1.165, 1.54) is 4.31 Å². The summed E-state index contributed by atoms with van der Waals surface area (Å²) < 4.78 is 33.0. The first-order valence-electron chi connectivity index (χ1n) is 6.77. The summed E-state index contributed by atoms with van der Waals surface area (Å²) in [4.78, 5) is 0.278. The molecule has 7 heteroatoms. The number of methoxy groups -OCH3 is 1. The van der Waals surface area contributed by atoms with E-state index in [0.29, 0.717) is 29.4 Å². The smallest absolute Gasteiger partial charge is 0.244 e. The highest BCUT2D eigenvalue weighted by molar-refractivity contribution is 9.10. The fraction of sp³-hybridized carbons (Fsp3) is 0.571. The number of halogens is 2. The molecule has 0 bridgehead atoms. The van der Waals surface area contributed by atoms with E-state index in [9.17, 15) is 8.42 Å². The van der Waals surface area contributed by atoms with Gasteiger partial charge < -0.3 is 4.74 Å². The summed E-state index contributed by atoms with van der Waals surface area (Å²) in [5.74, 6) is 0.717. The lowest BCUT2D eigenvalue weighted by atomic mass is 9.97. The van der Waals surface area contributed by atoms with E-state index < -0.39 is 10.0 Å². The molecule has 1 heterocycles. The summed E-state index contributed by atoms with van der Waals surface area (Å²) in [7, 11) is -1.89. The van der Waals surface area contributed by atoms with Crippen molar-refractivity contribution in [3.63, 3.8) is 0 Å². The zero-order valence-corrected chi connectivity index (χ0v) is 15.2. The van der Waals surface area contributed by atoms with Crippen molar-refractivity contribution < 1.29 is 13.2 Å². The van der Waals surface area contributed by atoms with Crippen LogP contribution in [-0.4, -0.2) is 39.0 Å². The minimum atomic E-state index is -3.52. The molecule has 0 aromatic heterocycles. The number of benzene rings is 1. The van der Waals surface area contributed by atoms with Crippen LogP contribution >= 0.6 is 27.5 Å². The molecular weight excluding hydrogens is 378 g/mol. The first kappa shape index (κ1) is 17.2. The highest BCUT2D eigenvalue weighted by Crippen LogP contribution is 2.30. The van der Waals surface area contributed by atoms with Gasteiger partial charge in [0, 0.05) is 30.6 Å². The summed E-state index contributed by atoms with van der Waals surface area (Å²) in [5, 5.41) is 0. The van der Waals surface area contributed by atoms with Crippen molar-refractivity contribution in [1.82, 2.24) is 4.31 Å². The minimum absolute atomic E-state index is 0.0607. The van der Waals surface area contributed by atoms with Gasteiger partial charge in [0.1, 0.15) is 0 Å². The van der Waals surface area contributed by atoms with Crippen molar-refractivity contribution >= 4 is 37.6 Å². The number of hydrogen-bond donors (Lipinski definition) is 0. The van der Waals surface area contributed by atoms with E-state index in [1.54, 1.807) is 25.3 Å². The van der Waals surface area contributed by atoms with Crippen LogP contribution in [0.2, 0.25) is 0 Å². The first-order valence-corrected chi connectivity index (χ1v) is 9.54. The van der Waals surface area contributed by atoms with Crippen LogP contribution in [0.15, 0.2) is 27.6 Å². The van der Waals surface area contributed by atoms with Gasteiger partial charge in [0.15, 0.2) is 0 Å². The SMILES string of the molecule is COC1CN(S(=O)(=O)c2ccc(CCl)cc2Br)CCC1C. The molecule has 1 aromatic carbocycles. The maximum absolute atomic E-state index is 12.8. The van der Waals surface area contributed by atoms with Gasteiger partial charge in [0.2, 0.25) is 10.0 Å². The predicted molar refractivity (Wildman–Crippen MR) is 87.0 cm³/mol. The van der Waals surface area contributed by atoms with Gasteiger partial charge in [0.05, 0.1) is 11.0 Å². The first-order chi connectivity index (χ1) is 9.90. The largest absolute Gasteiger partial charge is 0.380 e. The van der Waals surface area contributed by atoms with Crippen LogP contribution in [0.3, 0.4) is 0 Å². The summed E-state index contributed by atoms with van der Waals surface area (Å²) in [6, 6.07) is 5.10. The van der Waals surface area contributed by atoms with Crippen molar-refractivity contribution in [2.24, 2.45) is 5.92 Å². The van der Waals surface area contributed by atoms with Gasteiger partial charge in [-0.3, -0.25) is 0 Å². The molecule has 2 unspecified atom stereocenters. The van der Waals surface area contributed by atoms with Crippen LogP contribution in [0.1, 0.15) is 18.9 Å². The molecule has 1 fully saturated rings.